The summed E-state index contributed by atoms with van der Waals surface area (Å²) in [6, 6.07) is 9.17. The molecule has 4 nitrogen and oxygen atoms in total. The van der Waals surface area contributed by atoms with Crippen molar-refractivity contribution in [3.8, 4) is 0 Å². The van der Waals surface area contributed by atoms with Crippen molar-refractivity contribution in [2.45, 2.75) is 39.7 Å². The van der Waals surface area contributed by atoms with E-state index in [9.17, 15) is 14.7 Å². The lowest BCUT2D eigenvalue weighted by atomic mass is 9.86. The van der Waals surface area contributed by atoms with Crippen LogP contribution in [0.1, 0.15) is 44.6 Å². The molecule has 24 heavy (non-hydrogen) atoms. The summed E-state index contributed by atoms with van der Waals surface area (Å²) in [4.78, 5) is 25.1. The first kappa shape index (κ1) is 16.4. The van der Waals surface area contributed by atoms with Gasteiger partial charge in [-0.3, -0.25) is 9.59 Å². The van der Waals surface area contributed by atoms with Crippen molar-refractivity contribution in [1.82, 2.24) is 0 Å². The molecular weight excluding hydrogens is 302 g/mol. The average molecular weight is 323 g/mol. The highest BCUT2D eigenvalue weighted by atomic mass is 16.3. The molecule has 0 bridgehead atoms. The SMILES string of the molecule is Cc1ccc2c(c1)[C@@](O)(CC(=O)c1cc(C)c(C)cc1C)C(=O)N2. The molecule has 4 heteroatoms. The molecule has 2 aromatic rings. The molecule has 0 radical (unpaired) electrons. The van der Waals surface area contributed by atoms with Crippen molar-refractivity contribution in [2.75, 3.05) is 5.32 Å². The summed E-state index contributed by atoms with van der Waals surface area (Å²) in [6.07, 6.45) is -0.265. The Morgan fingerprint density at radius 3 is 2.42 bits per heavy atom. The molecule has 3 rings (SSSR count). The number of Topliss-reactive ketones (excluding diaryl/α,β-unsaturated/α-hetero) is 1. The molecule has 2 aromatic carbocycles. The Morgan fingerprint density at radius 2 is 1.71 bits per heavy atom. The standard InChI is InChI=1S/C20H21NO3/c1-11-5-6-17-16(7-11)20(24,19(23)21-17)10-18(22)15-9-13(3)12(2)8-14(15)4/h5-9,24H,10H2,1-4H3,(H,21,23)/t20-/m0/s1. The minimum absolute atomic E-state index is 0.234. The Hall–Kier alpha value is -2.46. The number of hydrogen-bond acceptors (Lipinski definition) is 3. The van der Waals surface area contributed by atoms with Gasteiger partial charge in [-0.05, 0) is 56.5 Å². The van der Waals surface area contributed by atoms with Crippen LogP contribution in [-0.4, -0.2) is 16.8 Å². The zero-order chi connectivity index (χ0) is 17.6. The maximum atomic E-state index is 12.8. The van der Waals surface area contributed by atoms with E-state index in [1.165, 1.54) is 0 Å². The van der Waals surface area contributed by atoms with E-state index in [0.29, 0.717) is 16.8 Å². The summed E-state index contributed by atoms with van der Waals surface area (Å²) in [5.74, 6) is -0.777. The number of benzene rings is 2. The fourth-order valence-corrected chi connectivity index (χ4v) is 3.22. The van der Waals surface area contributed by atoms with Gasteiger partial charge in [0.1, 0.15) is 0 Å². The molecule has 1 atom stereocenters. The fourth-order valence-electron chi connectivity index (χ4n) is 3.22. The van der Waals surface area contributed by atoms with E-state index >= 15 is 0 Å². The largest absolute Gasteiger partial charge is 0.375 e. The third kappa shape index (κ3) is 2.53. The quantitative estimate of drug-likeness (QED) is 0.852. The number of carbonyl (C=O) groups excluding carboxylic acids is 2. The molecule has 1 aliphatic heterocycles. The number of nitrogens with one attached hydrogen (secondary N) is 1. The van der Waals surface area contributed by atoms with Crippen LogP contribution in [0.2, 0.25) is 0 Å². The predicted octanol–water partition coefficient (Wildman–Crippen LogP) is 3.33. The summed E-state index contributed by atoms with van der Waals surface area (Å²) in [5, 5.41) is 13.6. The van der Waals surface area contributed by atoms with Crippen molar-refractivity contribution in [1.29, 1.82) is 0 Å². The van der Waals surface area contributed by atoms with Gasteiger partial charge in [-0.25, -0.2) is 0 Å². The summed E-state index contributed by atoms with van der Waals surface area (Å²) < 4.78 is 0. The third-order valence-electron chi connectivity index (χ3n) is 4.80. The number of amides is 1. The number of ketones is 1. The van der Waals surface area contributed by atoms with Crippen LogP contribution in [0.25, 0.3) is 0 Å². The Morgan fingerprint density at radius 1 is 1.04 bits per heavy atom. The van der Waals surface area contributed by atoms with Crippen molar-refractivity contribution >= 4 is 17.4 Å². The first-order valence-electron chi connectivity index (χ1n) is 7.98. The molecule has 0 aliphatic carbocycles. The van der Waals surface area contributed by atoms with Crippen LogP contribution in [-0.2, 0) is 10.4 Å². The first-order valence-corrected chi connectivity index (χ1v) is 7.98. The van der Waals surface area contributed by atoms with E-state index < -0.39 is 11.5 Å². The second kappa shape index (κ2) is 5.56. The van der Waals surface area contributed by atoms with Gasteiger partial charge in [-0.15, -0.1) is 0 Å². The molecule has 1 aliphatic rings. The number of aryl methyl sites for hydroxylation is 4. The minimum atomic E-state index is -1.82. The van der Waals surface area contributed by atoms with Gasteiger partial charge in [0.2, 0.25) is 0 Å². The molecule has 0 spiro atoms. The molecular formula is C20H21NO3. The van der Waals surface area contributed by atoms with Crippen LogP contribution in [0.4, 0.5) is 5.69 Å². The molecule has 2 N–H and O–H groups in total. The number of anilines is 1. The van der Waals surface area contributed by atoms with Crippen LogP contribution in [0.3, 0.4) is 0 Å². The van der Waals surface area contributed by atoms with Crippen LogP contribution in [0.5, 0.6) is 0 Å². The Labute approximate surface area is 141 Å². The van der Waals surface area contributed by atoms with Crippen LogP contribution < -0.4 is 5.32 Å². The van der Waals surface area contributed by atoms with Crippen LogP contribution in [0, 0.1) is 27.7 Å². The predicted molar refractivity (Wildman–Crippen MR) is 93.3 cm³/mol. The lowest BCUT2D eigenvalue weighted by Gasteiger charge is -2.21. The molecule has 1 heterocycles. The van der Waals surface area contributed by atoms with E-state index in [4.69, 9.17) is 0 Å². The van der Waals surface area contributed by atoms with Crippen molar-refractivity contribution < 1.29 is 14.7 Å². The number of aliphatic hydroxyl groups is 1. The van der Waals surface area contributed by atoms with E-state index in [1.54, 1.807) is 12.1 Å². The average Bonchev–Trinajstić information content (AvgIpc) is 2.74. The van der Waals surface area contributed by atoms with Crippen LogP contribution in [0.15, 0.2) is 30.3 Å². The number of hydrogen-bond donors (Lipinski definition) is 2. The highest BCUT2D eigenvalue weighted by molar-refractivity contribution is 6.09. The summed E-state index contributed by atoms with van der Waals surface area (Å²) in [6.45, 7) is 7.70. The molecule has 0 fully saturated rings. The maximum absolute atomic E-state index is 12.8. The van der Waals surface area contributed by atoms with Crippen molar-refractivity contribution in [3.05, 3.63) is 63.7 Å². The van der Waals surface area contributed by atoms with Gasteiger partial charge in [0.05, 0.1) is 6.42 Å². The van der Waals surface area contributed by atoms with E-state index in [1.807, 2.05) is 45.9 Å². The van der Waals surface area contributed by atoms with Crippen molar-refractivity contribution in [3.63, 3.8) is 0 Å². The van der Waals surface area contributed by atoms with Crippen molar-refractivity contribution in [2.24, 2.45) is 0 Å². The summed E-state index contributed by atoms with van der Waals surface area (Å²) in [5.41, 5.74) is 3.70. The molecule has 0 saturated heterocycles. The second-order valence-electron chi connectivity index (χ2n) is 6.71. The number of rotatable bonds is 3. The molecule has 0 saturated carbocycles. The lowest BCUT2D eigenvalue weighted by Crippen LogP contribution is -2.36. The highest BCUT2D eigenvalue weighted by Gasteiger charge is 2.46. The van der Waals surface area contributed by atoms with Gasteiger partial charge in [0.15, 0.2) is 11.4 Å². The van der Waals surface area contributed by atoms with Gasteiger partial charge in [0, 0.05) is 16.8 Å². The van der Waals surface area contributed by atoms with Gasteiger partial charge >= 0.3 is 0 Å². The van der Waals surface area contributed by atoms with Gasteiger partial charge < -0.3 is 10.4 Å². The smallest absolute Gasteiger partial charge is 0.261 e. The van der Waals surface area contributed by atoms with Gasteiger partial charge in [0.25, 0.3) is 5.91 Å². The summed E-state index contributed by atoms with van der Waals surface area (Å²) in [7, 11) is 0. The Balaban J connectivity index is 1.99. The minimum Gasteiger partial charge on any atom is -0.375 e. The maximum Gasteiger partial charge on any atom is 0.261 e. The van der Waals surface area contributed by atoms with E-state index in [0.717, 1.165) is 22.3 Å². The second-order valence-corrected chi connectivity index (χ2v) is 6.71. The third-order valence-corrected chi connectivity index (χ3v) is 4.80. The topological polar surface area (TPSA) is 66.4 Å². The van der Waals surface area contributed by atoms with E-state index in [-0.39, 0.29) is 12.2 Å². The lowest BCUT2D eigenvalue weighted by molar-refractivity contribution is -0.133. The normalized spacial score (nSPS) is 19.1. The fraction of sp³-hybridized carbons (Fsp3) is 0.300. The molecule has 1 amide bonds. The number of fused-ring (bicyclic) bond motifs is 1. The summed E-state index contributed by atoms with van der Waals surface area (Å²) >= 11 is 0. The molecule has 0 unspecified atom stereocenters. The van der Waals surface area contributed by atoms with Gasteiger partial charge in [-0.2, -0.15) is 0 Å². The van der Waals surface area contributed by atoms with Gasteiger partial charge in [-0.1, -0.05) is 23.8 Å². The van der Waals surface area contributed by atoms with Crippen LogP contribution >= 0.6 is 0 Å². The van der Waals surface area contributed by atoms with E-state index in [2.05, 4.69) is 5.32 Å². The first-order chi connectivity index (χ1) is 11.2. The zero-order valence-electron chi connectivity index (χ0n) is 14.4. The zero-order valence-corrected chi connectivity index (χ0v) is 14.4. The monoisotopic (exact) mass is 323 g/mol. The Kier molecular flexibility index (Phi) is 3.80. The number of carbonyl (C=O) groups is 2. The molecule has 0 aromatic heterocycles. The Bertz CT molecular complexity index is 869. The highest BCUT2D eigenvalue weighted by Crippen LogP contribution is 2.39. The molecule has 124 valence electrons.